The molecule has 3 heterocycles. The smallest absolute Gasteiger partial charge is 0.433 e. The van der Waals surface area contributed by atoms with E-state index >= 15 is 0 Å². The SMILES string of the molecule is COc1nn(C)c(C(F)(F)F)c1C1CCN(C[C@H]2CN(CC3(C(=O)O)CCCCC3)CC2c2cccc(F)c2)CC1. The number of carbonyl (C=O) groups is 1. The highest BCUT2D eigenvalue weighted by Crippen LogP contribution is 2.44. The van der Waals surface area contributed by atoms with Crippen molar-refractivity contribution in [2.24, 2.45) is 18.4 Å². The van der Waals surface area contributed by atoms with Crippen LogP contribution in [-0.2, 0) is 18.0 Å². The van der Waals surface area contributed by atoms with Crippen LogP contribution in [0.4, 0.5) is 17.6 Å². The summed E-state index contributed by atoms with van der Waals surface area (Å²) in [4.78, 5) is 16.9. The van der Waals surface area contributed by atoms with Crippen LogP contribution >= 0.6 is 0 Å². The van der Waals surface area contributed by atoms with Crippen LogP contribution in [0.3, 0.4) is 0 Å². The molecular formula is C30H40F4N4O3. The monoisotopic (exact) mass is 580 g/mol. The van der Waals surface area contributed by atoms with E-state index in [1.165, 1.54) is 20.2 Å². The van der Waals surface area contributed by atoms with E-state index in [9.17, 15) is 27.5 Å². The molecule has 1 aromatic carbocycles. The van der Waals surface area contributed by atoms with Gasteiger partial charge in [-0.3, -0.25) is 9.48 Å². The Hall–Kier alpha value is -2.66. The molecule has 0 amide bonds. The average Bonchev–Trinajstić information content (AvgIpc) is 3.49. The molecule has 0 spiro atoms. The zero-order valence-electron chi connectivity index (χ0n) is 23.8. The van der Waals surface area contributed by atoms with Gasteiger partial charge in [0.2, 0.25) is 5.88 Å². The van der Waals surface area contributed by atoms with Gasteiger partial charge in [0.1, 0.15) is 11.5 Å². The molecule has 226 valence electrons. The van der Waals surface area contributed by atoms with Crippen molar-refractivity contribution < 1.29 is 32.2 Å². The number of alkyl halides is 3. The molecule has 3 fully saturated rings. The number of carboxylic acid groups (broad SMARTS) is 1. The molecule has 3 aliphatic rings. The summed E-state index contributed by atoms with van der Waals surface area (Å²) in [6, 6.07) is 6.67. The summed E-state index contributed by atoms with van der Waals surface area (Å²) >= 11 is 0. The Morgan fingerprint density at radius 1 is 1.12 bits per heavy atom. The second kappa shape index (κ2) is 11.9. The van der Waals surface area contributed by atoms with Crippen LogP contribution in [-0.4, -0.2) is 77.0 Å². The molecule has 2 aliphatic heterocycles. The summed E-state index contributed by atoms with van der Waals surface area (Å²) in [5.74, 6) is -1.09. The Bertz CT molecular complexity index is 1220. The Labute approximate surface area is 238 Å². The standard InChI is InChI=1S/C30H40F4N4O3/c1-36-26(30(32,33)34)25(27(35-36)41-2)20-9-13-37(14-10-20)16-22-17-38(18-24(22)21-7-6-8-23(31)15-21)19-29(28(39)40)11-4-3-5-12-29/h6-8,15,20,22,24H,3-5,9-14,16-19H2,1-2H3,(H,39,40)/t22-,24?/m0/s1. The lowest BCUT2D eigenvalue weighted by molar-refractivity contribution is -0.152. The van der Waals surface area contributed by atoms with Gasteiger partial charge >= 0.3 is 12.1 Å². The number of nitrogens with zero attached hydrogens (tertiary/aromatic N) is 4. The van der Waals surface area contributed by atoms with Crippen molar-refractivity contribution in [2.75, 3.05) is 46.4 Å². The summed E-state index contributed by atoms with van der Waals surface area (Å²) in [7, 11) is 2.64. The molecule has 5 rings (SSSR count). The number of piperidine rings is 1. The normalized spacial score (nSPS) is 24.5. The van der Waals surface area contributed by atoms with Gasteiger partial charge in [0, 0.05) is 44.7 Å². The topological polar surface area (TPSA) is 70.8 Å². The Balaban J connectivity index is 1.30. The van der Waals surface area contributed by atoms with E-state index in [1.54, 1.807) is 12.1 Å². The largest absolute Gasteiger partial charge is 0.481 e. The van der Waals surface area contributed by atoms with E-state index in [2.05, 4.69) is 14.9 Å². The zero-order valence-corrected chi connectivity index (χ0v) is 23.8. The molecular weight excluding hydrogens is 540 g/mol. The predicted molar refractivity (Wildman–Crippen MR) is 145 cm³/mol. The maximum atomic E-state index is 14.2. The van der Waals surface area contributed by atoms with Crippen molar-refractivity contribution >= 4 is 5.97 Å². The van der Waals surface area contributed by atoms with Crippen LogP contribution in [0.5, 0.6) is 5.88 Å². The van der Waals surface area contributed by atoms with Crippen LogP contribution in [0.25, 0.3) is 0 Å². The van der Waals surface area contributed by atoms with Gasteiger partial charge in [-0.2, -0.15) is 13.2 Å². The first-order valence-electron chi connectivity index (χ1n) is 14.6. The summed E-state index contributed by atoms with van der Waals surface area (Å²) in [5, 5.41) is 14.1. The number of likely N-dealkylation sites (tertiary alicyclic amines) is 2. The Kier molecular flexibility index (Phi) is 8.66. The van der Waals surface area contributed by atoms with Gasteiger partial charge in [0.05, 0.1) is 12.5 Å². The molecule has 7 nitrogen and oxygen atoms in total. The maximum absolute atomic E-state index is 14.2. The van der Waals surface area contributed by atoms with E-state index in [0.29, 0.717) is 58.4 Å². The Morgan fingerprint density at radius 3 is 2.44 bits per heavy atom. The minimum Gasteiger partial charge on any atom is -0.481 e. The van der Waals surface area contributed by atoms with Crippen molar-refractivity contribution in [3.8, 4) is 5.88 Å². The van der Waals surface area contributed by atoms with E-state index in [1.807, 2.05) is 6.07 Å². The van der Waals surface area contributed by atoms with E-state index in [-0.39, 0.29) is 35.0 Å². The fourth-order valence-corrected chi connectivity index (χ4v) is 7.59. The van der Waals surface area contributed by atoms with E-state index < -0.39 is 23.3 Å². The average molecular weight is 581 g/mol. The second-order valence-electron chi connectivity index (χ2n) is 12.2. The minimum absolute atomic E-state index is 0.0333. The fourth-order valence-electron chi connectivity index (χ4n) is 7.59. The molecule has 2 atom stereocenters. The van der Waals surface area contributed by atoms with Crippen LogP contribution < -0.4 is 4.74 Å². The molecule has 0 radical (unpaired) electrons. The molecule has 0 bridgehead atoms. The number of hydrogen-bond donors (Lipinski definition) is 1. The van der Waals surface area contributed by atoms with Gasteiger partial charge < -0.3 is 19.6 Å². The Morgan fingerprint density at radius 2 is 1.83 bits per heavy atom. The maximum Gasteiger partial charge on any atom is 0.433 e. The van der Waals surface area contributed by atoms with Gasteiger partial charge in [-0.15, -0.1) is 5.10 Å². The molecule has 2 aromatic rings. The van der Waals surface area contributed by atoms with Gasteiger partial charge in [-0.1, -0.05) is 31.4 Å². The summed E-state index contributed by atoms with van der Waals surface area (Å²) in [6.07, 6.45) is 0.839. The third-order valence-electron chi connectivity index (χ3n) is 9.58. The number of hydrogen-bond acceptors (Lipinski definition) is 5. The summed E-state index contributed by atoms with van der Waals surface area (Å²) in [6.45, 7) is 3.86. The first kappa shape index (κ1) is 29.8. The zero-order chi connectivity index (χ0) is 29.4. The number of aryl methyl sites for hydroxylation is 1. The van der Waals surface area contributed by atoms with Gasteiger partial charge in [-0.05, 0) is 68.3 Å². The quantitative estimate of drug-likeness (QED) is 0.415. The first-order valence-corrected chi connectivity index (χ1v) is 14.6. The minimum atomic E-state index is -4.53. The molecule has 1 aromatic heterocycles. The number of halogens is 4. The number of carboxylic acids is 1. The molecule has 1 saturated carbocycles. The van der Waals surface area contributed by atoms with Crippen LogP contribution in [0, 0.1) is 17.2 Å². The van der Waals surface area contributed by atoms with Gasteiger partial charge in [-0.25, -0.2) is 4.39 Å². The molecule has 41 heavy (non-hydrogen) atoms. The van der Waals surface area contributed by atoms with Gasteiger partial charge in [0.25, 0.3) is 0 Å². The van der Waals surface area contributed by atoms with E-state index in [4.69, 9.17) is 4.74 Å². The van der Waals surface area contributed by atoms with Gasteiger partial charge in [0.15, 0.2) is 0 Å². The van der Waals surface area contributed by atoms with E-state index in [0.717, 1.165) is 36.1 Å². The van der Waals surface area contributed by atoms with Crippen LogP contribution in [0.1, 0.15) is 73.6 Å². The second-order valence-corrected chi connectivity index (χ2v) is 12.2. The third kappa shape index (κ3) is 6.26. The van der Waals surface area contributed by atoms with Crippen molar-refractivity contribution in [3.63, 3.8) is 0 Å². The molecule has 1 aliphatic carbocycles. The molecule has 11 heteroatoms. The molecule has 1 unspecified atom stereocenters. The highest BCUT2D eigenvalue weighted by molar-refractivity contribution is 5.75. The highest BCUT2D eigenvalue weighted by atomic mass is 19.4. The number of rotatable bonds is 8. The highest BCUT2D eigenvalue weighted by Gasteiger charge is 2.45. The molecule has 2 saturated heterocycles. The van der Waals surface area contributed by atoms with Crippen molar-refractivity contribution in [1.29, 1.82) is 0 Å². The van der Waals surface area contributed by atoms with Crippen molar-refractivity contribution in [2.45, 2.75) is 63.0 Å². The number of aromatic nitrogens is 2. The fraction of sp³-hybridized carbons (Fsp3) is 0.667. The predicted octanol–water partition coefficient (Wildman–Crippen LogP) is 5.52. The third-order valence-corrected chi connectivity index (χ3v) is 9.58. The lowest BCUT2D eigenvalue weighted by Gasteiger charge is -2.37. The van der Waals surface area contributed by atoms with Crippen LogP contribution in [0.15, 0.2) is 24.3 Å². The molecule has 1 N–H and O–H groups in total. The lowest BCUT2D eigenvalue weighted by Crippen LogP contribution is -2.44. The van der Waals surface area contributed by atoms with Crippen molar-refractivity contribution in [1.82, 2.24) is 19.6 Å². The number of benzene rings is 1. The summed E-state index contributed by atoms with van der Waals surface area (Å²) < 4.78 is 62.0. The van der Waals surface area contributed by atoms with Crippen molar-refractivity contribution in [3.05, 3.63) is 46.9 Å². The summed E-state index contributed by atoms with van der Waals surface area (Å²) in [5.41, 5.74) is -0.439. The first-order chi connectivity index (χ1) is 19.5. The number of methoxy groups -OCH3 is 1. The number of aliphatic carboxylic acids is 1. The number of ether oxygens (including phenoxy) is 1. The lowest BCUT2D eigenvalue weighted by atomic mass is 9.73. The van der Waals surface area contributed by atoms with Crippen LogP contribution in [0.2, 0.25) is 0 Å².